The number of amides is 1. The molecule has 0 fully saturated rings. The summed E-state index contributed by atoms with van der Waals surface area (Å²) in [4.78, 5) is 13.0. The SMILES string of the molecule is COc1ccc(OC[C@@H](C)NC(=O)CSc2ccc(Cl)cc2)cc1. The molecule has 1 amide bonds. The Hall–Kier alpha value is -1.85. The molecular weight excluding hydrogens is 346 g/mol. The fraction of sp³-hybridized carbons (Fsp3) is 0.278. The van der Waals surface area contributed by atoms with Crippen LogP contribution in [0, 0.1) is 0 Å². The van der Waals surface area contributed by atoms with Crippen molar-refractivity contribution in [1.29, 1.82) is 0 Å². The van der Waals surface area contributed by atoms with E-state index >= 15 is 0 Å². The fourth-order valence-electron chi connectivity index (χ4n) is 1.93. The first-order chi connectivity index (χ1) is 11.6. The van der Waals surface area contributed by atoms with Crippen LogP contribution >= 0.6 is 23.4 Å². The largest absolute Gasteiger partial charge is 0.497 e. The highest BCUT2D eigenvalue weighted by atomic mass is 35.5. The zero-order chi connectivity index (χ0) is 17.4. The quantitative estimate of drug-likeness (QED) is 0.717. The normalized spacial score (nSPS) is 11.6. The Morgan fingerprint density at radius 1 is 1.12 bits per heavy atom. The van der Waals surface area contributed by atoms with Gasteiger partial charge in [0.1, 0.15) is 18.1 Å². The predicted octanol–water partition coefficient (Wildman–Crippen LogP) is 4.02. The van der Waals surface area contributed by atoms with Crippen molar-refractivity contribution in [3.05, 3.63) is 53.6 Å². The predicted molar refractivity (Wildman–Crippen MR) is 98.3 cm³/mol. The van der Waals surface area contributed by atoms with E-state index in [1.165, 1.54) is 11.8 Å². The van der Waals surface area contributed by atoms with E-state index in [0.717, 1.165) is 16.4 Å². The zero-order valence-corrected chi connectivity index (χ0v) is 15.2. The second-order valence-electron chi connectivity index (χ2n) is 5.20. The van der Waals surface area contributed by atoms with E-state index in [2.05, 4.69) is 5.32 Å². The Morgan fingerprint density at radius 3 is 2.38 bits per heavy atom. The van der Waals surface area contributed by atoms with Gasteiger partial charge in [0.25, 0.3) is 0 Å². The minimum atomic E-state index is -0.0783. The molecule has 0 aliphatic carbocycles. The Morgan fingerprint density at radius 2 is 1.75 bits per heavy atom. The van der Waals surface area contributed by atoms with Crippen molar-refractivity contribution in [1.82, 2.24) is 5.32 Å². The summed E-state index contributed by atoms with van der Waals surface area (Å²) in [7, 11) is 1.62. The molecule has 0 unspecified atom stereocenters. The first kappa shape index (κ1) is 18.5. The summed E-state index contributed by atoms with van der Waals surface area (Å²) in [5.41, 5.74) is 0. The van der Waals surface area contributed by atoms with Gasteiger partial charge in [-0.05, 0) is 55.5 Å². The van der Waals surface area contributed by atoms with Gasteiger partial charge in [-0.1, -0.05) is 11.6 Å². The number of hydrogen-bond acceptors (Lipinski definition) is 4. The lowest BCUT2D eigenvalue weighted by molar-refractivity contribution is -0.119. The highest BCUT2D eigenvalue weighted by Crippen LogP contribution is 2.20. The van der Waals surface area contributed by atoms with Gasteiger partial charge in [0.05, 0.1) is 18.9 Å². The van der Waals surface area contributed by atoms with Gasteiger partial charge in [-0.3, -0.25) is 4.79 Å². The Labute approximate surface area is 151 Å². The first-order valence-corrected chi connectivity index (χ1v) is 8.88. The second-order valence-corrected chi connectivity index (χ2v) is 6.68. The molecule has 0 aromatic heterocycles. The highest BCUT2D eigenvalue weighted by Gasteiger charge is 2.09. The zero-order valence-electron chi connectivity index (χ0n) is 13.6. The van der Waals surface area contributed by atoms with Crippen molar-refractivity contribution in [3.8, 4) is 11.5 Å². The summed E-state index contributed by atoms with van der Waals surface area (Å²) in [6.07, 6.45) is 0. The number of halogens is 1. The maximum absolute atomic E-state index is 12.0. The summed E-state index contributed by atoms with van der Waals surface area (Å²) in [6, 6.07) is 14.7. The van der Waals surface area contributed by atoms with Crippen LogP contribution in [-0.4, -0.2) is 31.4 Å². The molecule has 0 aliphatic rings. The number of carbonyl (C=O) groups is 1. The molecule has 6 heteroatoms. The number of hydrogen-bond donors (Lipinski definition) is 1. The topological polar surface area (TPSA) is 47.6 Å². The summed E-state index contributed by atoms with van der Waals surface area (Å²) >= 11 is 7.31. The van der Waals surface area contributed by atoms with Gasteiger partial charge < -0.3 is 14.8 Å². The van der Waals surface area contributed by atoms with Crippen LogP contribution in [0.1, 0.15) is 6.92 Å². The summed E-state index contributed by atoms with van der Waals surface area (Å²) in [5.74, 6) is 1.85. The van der Waals surface area contributed by atoms with E-state index in [0.29, 0.717) is 17.4 Å². The van der Waals surface area contributed by atoms with E-state index in [1.807, 2.05) is 55.5 Å². The Bertz CT molecular complexity index is 646. The number of thioether (sulfide) groups is 1. The maximum Gasteiger partial charge on any atom is 0.230 e. The number of nitrogens with one attached hydrogen (secondary N) is 1. The van der Waals surface area contributed by atoms with Crippen LogP contribution in [0.5, 0.6) is 11.5 Å². The number of carbonyl (C=O) groups excluding carboxylic acids is 1. The summed E-state index contributed by atoms with van der Waals surface area (Å²) in [6.45, 7) is 2.32. The van der Waals surface area contributed by atoms with Crippen molar-refractivity contribution < 1.29 is 14.3 Å². The van der Waals surface area contributed by atoms with Crippen LogP contribution in [0.25, 0.3) is 0 Å². The third-order valence-corrected chi connectivity index (χ3v) is 4.41. The van der Waals surface area contributed by atoms with Crippen LogP contribution in [0.15, 0.2) is 53.4 Å². The molecule has 0 bridgehead atoms. The van der Waals surface area contributed by atoms with Gasteiger partial charge in [0, 0.05) is 9.92 Å². The average Bonchev–Trinajstić information content (AvgIpc) is 2.60. The number of methoxy groups -OCH3 is 1. The molecule has 0 heterocycles. The van der Waals surface area contributed by atoms with Crippen molar-refractivity contribution in [2.45, 2.75) is 17.9 Å². The van der Waals surface area contributed by atoms with Crippen LogP contribution in [0.2, 0.25) is 5.02 Å². The molecular formula is C18H20ClNO3S. The lowest BCUT2D eigenvalue weighted by Gasteiger charge is -2.15. The van der Waals surface area contributed by atoms with Crippen molar-refractivity contribution in [3.63, 3.8) is 0 Å². The van der Waals surface area contributed by atoms with Crippen LogP contribution in [0.4, 0.5) is 0 Å². The van der Waals surface area contributed by atoms with Gasteiger partial charge in [-0.2, -0.15) is 0 Å². The molecule has 1 atom stereocenters. The number of rotatable bonds is 8. The van der Waals surface area contributed by atoms with E-state index in [1.54, 1.807) is 7.11 Å². The van der Waals surface area contributed by atoms with Gasteiger partial charge in [-0.25, -0.2) is 0 Å². The summed E-state index contributed by atoms with van der Waals surface area (Å²) in [5, 5.41) is 3.61. The van der Waals surface area contributed by atoms with Crippen molar-refractivity contribution >= 4 is 29.3 Å². The third kappa shape index (κ3) is 6.34. The minimum absolute atomic E-state index is 0.0271. The first-order valence-electron chi connectivity index (χ1n) is 7.51. The average molecular weight is 366 g/mol. The number of ether oxygens (including phenoxy) is 2. The highest BCUT2D eigenvalue weighted by molar-refractivity contribution is 8.00. The lowest BCUT2D eigenvalue weighted by atomic mass is 10.3. The van der Waals surface area contributed by atoms with Gasteiger partial charge in [0.15, 0.2) is 0 Å². The van der Waals surface area contributed by atoms with Gasteiger partial charge in [-0.15, -0.1) is 11.8 Å². The summed E-state index contributed by atoms with van der Waals surface area (Å²) < 4.78 is 10.7. The molecule has 2 aromatic rings. The molecule has 4 nitrogen and oxygen atoms in total. The molecule has 0 saturated heterocycles. The smallest absolute Gasteiger partial charge is 0.230 e. The molecule has 128 valence electrons. The van der Waals surface area contributed by atoms with Crippen LogP contribution in [-0.2, 0) is 4.79 Å². The van der Waals surface area contributed by atoms with Crippen molar-refractivity contribution in [2.75, 3.05) is 19.5 Å². The van der Waals surface area contributed by atoms with E-state index in [-0.39, 0.29) is 11.9 Å². The Kier molecular flexibility index (Phi) is 7.28. The van der Waals surface area contributed by atoms with E-state index in [4.69, 9.17) is 21.1 Å². The van der Waals surface area contributed by atoms with Gasteiger partial charge >= 0.3 is 0 Å². The molecule has 1 N–H and O–H groups in total. The molecule has 0 radical (unpaired) electrons. The van der Waals surface area contributed by atoms with E-state index in [9.17, 15) is 4.79 Å². The third-order valence-electron chi connectivity index (χ3n) is 3.15. The molecule has 0 aliphatic heterocycles. The molecule has 24 heavy (non-hydrogen) atoms. The molecule has 2 aromatic carbocycles. The standard InChI is InChI=1S/C18H20ClNO3S/c1-13(11-23-16-7-5-15(22-2)6-8-16)20-18(21)12-24-17-9-3-14(19)4-10-17/h3-10,13H,11-12H2,1-2H3,(H,20,21)/t13-/m1/s1. The van der Waals surface area contributed by atoms with Gasteiger partial charge in [0.2, 0.25) is 5.91 Å². The van der Waals surface area contributed by atoms with Crippen molar-refractivity contribution in [2.24, 2.45) is 0 Å². The minimum Gasteiger partial charge on any atom is -0.497 e. The van der Waals surface area contributed by atoms with E-state index < -0.39 is 0 Å². The Balaban J connectivity index is 1.69. The van der Waals surface area contributed by atoms with Crippen LogP contribution < -0.4 is 14.8 Å². The monoisotopic (exact) mass is 365 g/mol. The molecule has 0 saturated carbocycles. The molecule has 0 spiro atoms. The fourth-order valence-corrected chi connectivity index (χ4v) is 2.77. The molecule has 2 rings (SSSR count). The lowest BCUT2D eigenvalue weighted by Crippen LogP contribution is -2.37. The second kappa shape index (κ2) is 9.45. The van der Waals surface area contributed by atoms with Crippen LogP contribution in [0.3, 0.4) is 0 Å². The number of benzene rings is 2. The maximum atomic E-state index is 12.0.